The average molecular weight is 201 g/mol. The van der Waals surface area contributed by atoms with E-state index in [1.807, 2.05) is 5.38 Å². The summed E-state index contributed by atoms with van der Waals surface area (Å²) in [5.41, 5.74) is 3.51. The van der Waals surface area contributed by atoms with Gasteiger partial charge in [-0.2, -0.15) is 5.48 Å². The van der Waals surface area contributed by atoms with Crippen molar-refractivity contribution in [1.82, 2.24) is 10.5 Å². The summed E-state index contributed by atoms with van der Waals surface area (Å²) in [6.07, 6.45) is 0. The second kappa shape index (κ2) is 4.90. The fourth-order valence-corrected chi connectivity index (χ4v) is 1.50. The van der Waals surface area contributed by atoms with Crippen LogP contribution in [0.2, 0.25) is 0 Å². The Morgan fingerprint density at radius 3 is 3.15 bits per heavy atom. The zero-order chi connectivity index (χ0) is 9.68. The number of aromatic nitrogens is 1. The molecule has 6 heteroatoms. The van der Waals surface area contributed by atoms with Gasteiger partial charge in [0.15, 0.2) is 5.13 Å². The lowest BCUT2D eigenvalue weighted by molar-refractivity contribution is -0.114. The summed E-state index contributed by atoms with van der Waals surface area (Å²) in [6.45, 7) is 1.99. The number of hydrogen-bond acceptors (Lipinski definition) is 5. The summed E-state index contributed by atoms with van der Waals surface area (Å²) in [7, 11) is 1.54. The first-order valence-corrected chi connectivity index (χ1v) is 4.58. The molecule has 0 radical (unpaired) electrons. The van der Waals surface area contributed by atoms with Crippen molar-refractivity contribution in [2.75, 3.05) is 12.4 Å². The highest BCUT2D eigenvalue weighted by Crippen LogP contribution is 2.14. The molecule has 0 unspecified atom stereocenters. The molecule has 1 amide bonds. The molecule has 0 saturated carbocycles. The second-order valence-electron chi connectivity index (χ2n) is 2.35. The Morgan fingerprint density at radius 2 is 2.54 bits per heavy atom. The largest absolute Gasteiger partial charge is 0.305 e. The smallest absolute Gasteiger partial charge is 0.223 e. The van der Waals surface area contributed by atoms with Crippen molar-refractivity contribution in [3.63, 3.8) is 0 Å². The van der Waals surface area contributed by atoms with E-state index in [1.54, 1.807) is 7.11 Å². The summed E-state index contributed by atoms with van der Waals surface area (Å²) in [4.78, 5) is 19.4. The molecule has 0 aliphatic heterocycles. The molecule has 0 atom stereocenters. The number of anilines is 1. The van der Waals surface area contributed by atoms with Gasteiger partial charge >= 0.3 is 0 Å². The minimum atomic E-state index is -0.111. The summed E-state index contributed by atoms with van der Waals surface area (Å²) in [5, 5.41) is 5.07. The van der Waals surface area contributed by atoms with Gasteiger partial charge in [-0.05, 0) is 0 Å². The number of hydroxylamine groups is 1. The Balaban J connectivity index is 2.48. The van der Waals surface area contributed by atoms with Gasteiger partial charge in [0.1, 0.15) is 0 Å². The average Bonchev–Trinajstić information content (AvgIpc) is 2.48. The van der Waals surface area contributed by atoms with Crippen LogP contribution in [0.25, 0.3) is 0 Å². The number of amides is 1. The molecule has 1 aromatic rings. The number of thiazole rings is 1. The van der Waals surface area contributed by atoms with E-state index < -0.39 is 0 Å². The molecule has 13 heavy (non-hydrogen) atoms. The minimum Gasteiger partial charge on any atom is -0.305 e. The summed E-state index contributed by atoms with van der Waals surface area (Å²) < 4.78 is 0. The van der Waals surface area contributed by atoms with E-state index in [0.29, 0.717) is 11.7 Å². The zero-order valence-electron chi connectivity index (χ0n) is 7.46. The van der Waals surface area contributed by atoms with Crippen molar-refractivity contribution in [3.8, 4) is 0 Å². The van der Waals surface area contributed by atoms with Crippen molar-refractivity contribution >= 4 is 22.4 Å². The highest BCUT2D eigenvalue weighted by atomic mass is 32.1. The van der Waals surface area contributed by atoms with Crippen LogP contribution >= 0.6 is 11.3 Å². The van der Waals surface area contributed by atoms with Gasteiger partial charge in [0.05, 0.1) is 19.3 Å². The van der Waals surface area contributed by atoms with Crippen LogP contribution in [0.5, 0.6) is 0 Å². The van der Waals surface area contributed by atoms with Gasteiger partial charge < -0.3 is 10.2 Å². The first kappa shape index (κ1) is 10.1. The maximum absolute atomic E-state index is 10.7. The van der Waals surface area contributed by atoms with E-state index in [-0.39, 0.29) is 5.91 Å². The quantitative estimate of drug-likeness (QED) is 0.706. The number of nitrogens with zero attached hydrogens (tertiary/aromatic N) is 1. The lowest BCUT2D eigenvalue weighted by atomic mass is 10.5. The predicted octanol–water partition coefficient (Wildman–Crippen LogP) is 0.752. The number of carbonyl (C=O) groups is 1. The molecule has 0 aliphatic rings. The van der Waals surface area contributed by atoms with E-state index in [2.05, 4.69) is 20.6 Å². The Bertz CT molecular complexity index is 287. The summed E-state index contributed by atoms with van der Waals surface area (Å²) >= 11 is 1.39. The summed E-state index contributed by atoms with van der Waals surface area (Å²) in [5.74, 6) is -0.111. The van der Waals surface area contributed by atoms with Crippen molar-refractivity contribution < 1.29 is 9.63 Å². The van der Waals surface area contributed by atoms with E-state index in [4.69, 9.17) is 0 Å². The van der Waals surface area contributed by atoms with Crippen LogP contribution < -0.4 is 10.8 Å². The van der Waals surface area contributed by atoms with Crippen molar-refractivity contribution in [1.29, 1.82) is 0 Å². The highest BCUT2D eigenvalue weighted by Gasteiger charge is 2.02. The first-order chi connectivity index (χ1) is 6.22. The van der Waals surface area contributed by atoms with Crippen LogP contribution in [0.4, 0.5) is 5.13 Å². The Hall–Kier alpha value is -0.980. The highest BCUT2D eigenvalue weighted by molar-refractivity contribution is 7.13. The van der Waals surface area contributed by atoms with Crippen molar-refractivity contribution in [2.24, 2.45) is 0 Å². The molecule has 2 N–H and O–H groups in total. The van der Waals surface area contributed by atoms with E-state index >= 15 is 0 Å². The maximum atomic E-state index is 10.7. The monoisotopic (exact) mass is 201 g/mol. The second-order valence-corrected chi connectivity index (χ2v) is 3.21. The standard InChI is InChI=1S/C7H11N3O2S/c1-5(11)9-7-10-6(4-13-7)3-8-12-2/h4,8H,3H2,1-2H3,(H,9,10,11). The molecule has 72 valence electrons. The van der Waals surface area contributed by atoms with Gasteiger partial charge in [-0.3, -0.25) is 4.79 Å². The lowest BCUT2D eigenvalue weighted by Gasteiger charge is -1.96. The first-order valence-electron chi connectivity index (χ1n) is 3.70. The van der Waals surface area contributed by atoms with Gasteiger partial charge in [0.2, 0.25) is 5.91 Å². The molecular weight excluding hydrogens is 190 g/mol. The van der Waals surface area contributed by atoms with Gasteiger partial charge in [0, 0.05) is 12.3 Å². The van der Waals surface area contributed by atoms with Gasteiger partial charge in [-0.15, -0.1) is 11.3 Å². The number of hydrogen-bond donors (Lipinski definition) is 2. The number of rotatable bonds is 4. The Kier molecular flexibility index (Phi) is 3.81. The molecule has 1 aromatic heterocycles. The van der Waals surface area contributed by atoms with E-state index in [1.165, 1.54) is 18.3 Å². The van der Waals surface area contributed by atoms with Crippen LogP contribution in [0.3, 0.4) is 0 Å². The van der Waals surface area contributed by atoms with E-state index in [0.717, 1.165) is 5.69 Å². The van der Waals surface area contributed by atoms with Gasteiger partial charge in [0.25, 0.3) is 0 Å². The number of carbonyl (C=O) groups excluding carboxylic acids is 1. The van der Waals surface area contributed by atoms with Crippen LogP contribution in [-0.2, 0) is 16.2 Å². The zero-order valence-corrected chi connectivity index (χ0v) is 8.27. The molecule has 0 bridgehead atoms. The summed E-state index contributed by atoms with van der Waals surface area (Å²) in [6, 6.07) is 0. The van der Waals surface area contributed by atoms with Crippen LogP contribution in [-0.4, -0.2) is 18.0 Å². The van der Waals surface area contributed by atoms with Crippen molar-refractivity contribution in [2.45, 2.75) is 13.5 Å². The molecule has 0 aliphatic carbocycles. The van der Waals surface area contributed by atoms with Gasteiger partial charge in [-0.25, -0.2) is 4.98 Å². The Labute approximate surface area is 80.1 Å². The SMILES string of the molecule is CONCc1csc(NC(C)=O)n1. The van der Waals surface area contributed by atoms with Crippen molar-refractivity contribution in [3.05, 3.63) is 11.1 Å². The van der Waals surface area contributed by atoms with Crippen LogP contribution in [0.15, 0.2) is 5.38 Å². The molecule has 5 nitrogen and oxygen atoms in total. The van der Waals surface area contributed by atoms with Crippen LogP contribution in [0, 0.1) is 0 Å². The fourth-order valence-electron chi connectivity index (χ4n) is 0.742. The third kappa shape index (κ3) is 3.49. The fraction of sp³-hybridized carbons (Fsp3) is 0.429. The molecule has 0 aromatic carbocycles. The molecule has 0 spiro atoms. The maximum Gasteiger partial charge on any atom is 0.223 e. The normalized spacial score (nSPS) is 10.0. The lowest BCUT2D eigenvalue weighted by Crippen LogP contribution is -2.11. The molecule has 0 saturated heterocycles. The molecule has 1 rings (SSSR count). The predicted molar refractivity (Wildman–Crippen MR) is 50.3 cm³/mol. The molecule has 1 heterocycles. The van der Waals surface area contributed by atoms with E-state index in [9.17, 15) is 4.79 Å². The topological polar surface area (TPSA) is 63.2 Å². The van der Waals surface area contributed by atoms with Crippen LogP contribution in [0.1, 0.15) is 12.6 Å². The minimum absolute atomic E-state index is 0.111. The third-order valence-corrected chi connectivity index (χ3v) is 2.04. The third-order valence-electron chi connectivity index (χ3n) is 1.23. The molecule has 0 fully saturated rings. The van der Waals surface area contributed by atoms with Gasteiger partial charge in [-0.1, -0.05) is 0 Å². The molecular formula is C7H11N3O2S. The Morgan fingerprint density at radius 1 is 1.77 bits per heavy atom. The number of nitrogens with one attached hydrogen (secondary N) is 2.